The Morgan fingerprint density at radius 3 is 2.72 bits per heavy atom. The number of carbonyl (C=O) groups is 1. The summed E-state index contributed by atoms with van der Waals surface area (Å²) < 4.78 is 41.8. The minimum atomic E-state index is -4.57. The first-order valence-corrected chi connectivity index (χ1v) is 8.25. The fraction of sp³-hybridized carbons (Fsp3) is 0.533. The Balaban J connectivity index is 1.60. The van der Waals surface area contributed by atoms with Gasteiger partial charge in [-0.05, 0) is 19.3 Å². The zero-order valence-electron chi connectivity index (χ0n) is 13.5. The lowest BCUT2D eigenvalue weighted by atomic mass is 10.2. The fourth-order valence-electron chi connectivity index (χ4n) is 2.62. The smallest absolute Gasteiger partial charge is 0.352 e. The van der Waals surface area contributed by atoms with Crippen molar-refractivity contribution >= 4 is 17.5 Å². The van der Waals surface area contributed by atoms with Crippen LogP contribution in [0.4, 0.5) is 13.2 Å². The molecule has 1 amide bonds. The number of carbonyl (C=O) groups excluding carboxylic acids is 1. The molecule has 0 bridgehead atoms. The lowest BCUT2D eigenvalue weighted by Crippen LogP contribution is -2.25. The second-order valence-corrected chi connectivity index (χ2v) is 6.43. The third-order valence-electron chi connectivity index (χ3n) is 3.96. The third kappa shape index (κ3) is 3.97. The summed E-state index contributed by atoms with van der Waals surface area (Å²) in [7, 11) is 1.70. The van der Waals surface area contributed by atoms with Gasteiger partial charge in [0.05, 0.1) is 22.5 Å². The van der Waals surface area contributed by atoms with Crippen LogP contribution < -0.4 is 5.32 Å². The summed E-state index contributed by atoms with van der Waals surface area (Å²) >= 11 is 5.91. The average molecular weight is 376 g/mol. The maximum Gasteiger partial charge on any atom is 0.436 e. The molecule has 0 spiro atoms. The lowest BCUT2D eigenvalue weighted by molar-refractivity contribution is -0.141. The van der Waals surface area contributed by atoms with Gasteiger partial charge < -0.3 is 5.32 Å². The minimum Gasteiger partial charge on any atom is -0.352 e. The Hall–Kier alpha value is -2.03. The Labute approximate surface area is 146 Å². The molecule has 1 aliphatic carbocycles. The summed E-state index contributed by atoms with van der Waals surface area (Å²) in [5, 5.41) is 9.97. The first kappa shape index (κ1) is 17.8. The largest absolute Gasteiger partial charge is 0.436 e. The van der Waals surface area contributed by atoms with Crippen LogP contribution in [-0.2, 0) is 19.8 Å². The molecule has 1 N–H and O–H groups in total. The van der Waals surface area contributed by atoms with Crippen molar-refractivity contribution in [2.24, 2.45) is 7.05 Å². The molecule has 2 aromatic heterocycles. The van der Waals surface area contributed by atoms with Crippen LogP contribution in [-0.4, -0.2) is 32.0 Å². The summed E-state index contributed by atoms with van der Waals surface area (Å²) in [5.74, 6) is -0.230. The molecule has 1 fully saturated rings. The van der Waals surface area contributed by atoms with Gasteiger partial charge in [-0.25, -0.2) is 0 Å². The van der Waals surface area contributed by atoms with Crippen molar-refractivity contribution in [1.29, 1.82) is 0 Å². The highest BCUT2D eigenvalue weighted by Crippen LogP contribution is 2.46. The topological polar surface area (TPSA) is 64.7 Å². The Morgan fingerprint density at radius 1 is 1.44 bits per heavy atom. The summed E-state index contributed by atoms with van der Waals surface area (Å²) in [5.41, 5.74) is -0.147. The molecular weight excluding hydrogens is 359 g/mol. The number of hydrogen-bond donors (Lipinski definition) is 1. The second kappa shape index (κ2) is 6.70. The minimum absolute atomic E-state index is 0.0427. The Kier molecular flexibility index (Phi) is 4.77. The number of amides is 1. The van der Waals surface area contributed by atoms with Crippen LogP contribution in [0.3, 0.4) is 0 Å². The van der Waals surface area contributed by atoms with Gasteiger partial charge in [0, 0.05) is 32.3 Å². The van der Waals surface area contributed by atoms with Gasteiger partial charge in [-0.1, -0.05) is 11.6 Å². The molecule has 0 saturated heterocycles. The predicted molar refractivity (Wildman–Crippen MR) is 84.4 cm³/mol. The highest BCUT2D eigenvalue weighted by atomic mass is 35.5. The van der Waals surface area contributed by atoms with E-state index in [0.717, 1.165) is 12.8 Å². The number of nitrogens with zero attached hydrogens (tertiary/aromatic N) is 4. The van der Waals surface area contributed by atoms with Crippen LogP contribution in [0, 0.1) is 0 Å². The van der Waals surface area contributed by atoms with Crippen LogP contribution in [0.25, 0.3) is 0 Å². The van der Waals surface area contributed by atoms with Gasteiger partial charge in [-0.3, -0.25) is 14.2 Å². The molecule has 0 aromatic carbocycles. The summed E-state index contributed by atoms with van der Waals surface area (Å²) in [6, 6.07) is 0. The molecule has 25 heavy (non-hydrogen) atoms. The van der Waals surface area contributed by atoms with Crippen LogP contribution in [0.5, 0.6) is 0 Å². The third-order valence-corrected chi connectivity index (χ3v) is 4.34. The molecule has 2 heterocycles. The van der Waals surface area contributed by atoms with E-state index in [0.29, 0.717) is 24.2 Å². The van der Waals surface area contributed by atoms with E-state index >= 15 is 0 Å². The van der Waals surface area contributed by atoms with Crippen molar-refractivity contribution in [2.75, 3.05) is 6.54 Å². The average Bonchev–Trinajstić information content (AvgIpc) is 3.17. The van der Waals surface area contributed by atoms with Crippen molar-refractivity contribution in [3.05, 3.63) is 34.4 Å². The number of hydrogen-bond acceptors (Lipinski definition) is 3. The number of rotatable bonds is 6. The monoisotopic (exact) mass is 375 g/mol. The Morgan fingerprint density at radius 2 is 2.16 bits per heavy atom. The van der Waals surface area contributed by atoms with Crippen molar-refractivity contribution in [3.8, 4) is 0 Å². The molecule has 136 valence electrons. The first-order chi connectivity index (χ1) is 11.8. The highest BCUT2D eigenvalue weighted by Gasteiger charge is 2.41. The number of aryl methyl sites for hydroxylation is 2. The van der Waals surface area contributed by atoms with E-state index < -0.39 is 11.9 Å². The van der Waals surface area contributed by atoms with E-state index in [9.17, 15) is 18.0 Å². The fourth-order valence-corrected chi connectivity index (χ4v) is 3.02. The predicted octanol–water partition coefficient (Wildman–Crippen LogP) is 2.99. The van der Waals surface area contributed by atoms with Gasteiger partial charge in [0.25, 0.3) is 5.91 Å². The number of aromatic nitrogens is 4. The van der Waals surface area contributed by atoms with Crippen LogP contribution in [0.15, 0.2) is 12.4 Å². The van der Waals surface area contributed by atoms with Crippen LogP contribution in [0.2, 0.25) is 5.02 Å². The molecule has 3 rings (SSSR count). The zero-order chi connectivity index (χ0) is 18.2. The van der Waals surface area contributed by atoms with Crippen molar-refractivity contribution in [2.45, 2.75) is 37.9 Å². The molecule has 2 aromatic rings. The van der Waals surface area contributed by atoms with E-state index in [1.165, 1.54) is 15.6 Å². The number of alkyl halides is 3. The van der Waals surface area contributed by atoms with Gasteiger partial charge in [0.2, 0.25) is 0 Å². The summed E-state index contributed by atoms with van der Waals surface area (Å²) in [6.45, 7) is 0.575. The van der Waals surface area contributed by atoms with Gasteiger partial charge in [0.15, 0.2) is 5.69 Å². The number of nitrogens with one attached hydrogen (secondary N) is 1. The van der Waals surface area contributed by atoms with Gasteiger partial charge in [0.1, 0.15) is 0 Å². The zero-order valence-corrected chi connectivity index (χ0v) is 14.2. The van der Waals surface area contributed by atoms with Crippen LogP contribution >= 0.6 is 11.6 Å². The van der Waals surface area contributed by atoms with Gasteiger partial charge in [-0.15, -0.1) is 0 Å². The first-order valence-electron chi connectivity index (χ1n) is 7.87. The van der Waals surface area contributed by atoms with Gasteiger partial charge >= 0.3 is 6.18 Å². The van der Waals surface area contributed by atoms with Gasteiger partial charge in [-0.2, -0.15) is 23.4 Å². The van der Waals surface area contributed by atoms with E-state index in [4.69, 9.17) is 11.6 Å². The van der Waals surface area contributed by atoms with E-state index in [1.807, 2.05) is 0 Å². The summed E-state index contributed by atoms with van der Waals surface area (Å²) in [6.07, 6.45) is 0.551. The van der Waals surface area contributed by atoms with Crippen LogP contribution in [0.1, 0.15) is 46.9 Å². The van der Waals surface area contributed by atoms with E-state index in [-0.39, 0.29) is 23.4 Å². The van der Waals surface area contributed by atoms with Crippen molar-refractivity contribution in [3.63, 3.8) is 0 Å². The molecule has 10 heteroatoms. The molecular formula is C15H17ClF3N5O. The van der Waals surface area contributed by atoms with E-state index in [2.05, 4.69) is 15.5 Å². The molecule has 0 radical (unpaired) electrons. The molecule has 0 unspecified atom stereocenters. The maximum absolute atomic E-state index is 13.0. The molecule has 0 atom stereocenters. The van der Waals surface area contributed by atoms with E-state index in [1.54, 1.807) is 13.2 Å². The number of halogens is 4. The maximum atomic E-state index is 13.0. The second-order valence-electron chi connectivity index (χ2n) is 6.06. The standard InChI is InChI=1S/C15H17ClF3N5O/c1-23-8-10(7-21-23)14(25)20-5-2-6-24-12(9-3-4-9)11(16)13(22-24)15(17,18)19/h7-9H,2-6H2,1H3,(H,20,25). The normalized spacial score (nSPS) is 14.8. The van der Waals surface area contributed by atoms with Crippen molar-refractivity contribution < 1.29 is 18.0 Å². The molecule has 1 saturated carbocycles. The SMILES string of the molecule is Cn1cc(C(=O)NCCCn2nc(C(F)(F)F)c(Cl)c2C2CC2)cn1. The molecule has 6 nitrogen and oxygen atoms in total. The molecule has 0 aliphatic heterocycles. The quantitative estimate of drug-likeness (QED) is 0.789. The Bertz CT molecular complexity index is 779. The highest BCUT2D eigenvalue weighted by molar-refractivity contribution is 6.32. The van der Waals surface area contributed by atoms with Crippen molar-refractivity contribution in [1.82, 2.24) is 24.9 Å². The molecule has 1 aliphatic rings. The summed E-state index contributed by atoms with van der Waals surface area (Å²) in [4.78, 5) is 11.9. The lowest BCUT2D eigenvalue weighted by Gasteiger charge is -2.07.